The summed E-state index contributed by atoms with van der Waals surface area (Å²) in [6, 6.07) is 0.789. The van der Waals surface area contributed by atoms with Gasteiger partial charge in [0, 0.05) is 18.6 Å². The predicted molar refractivity (Wildman–Crippen MR) is 78.3 cm³/mol. The molecule has 0 spiro atoms. The second-order valence-corrected chi connectivity index (χ2v) is 5.12. The molecule has 1 saturated heterocycles. The van der Waals surface area contributed by atoms with Crippen molar-refractivity contribution >= 4 is 18.3 Å². The van der Waals surface area contributed by atoms with Crippen LogP contribution in [0.5, 0.6) is 0 Å². The number of piperidine rings is 1. The fourth-order valence-electron chi connectivity index (χ4n) is 2.23. The van der Waals surface area contributed by atoms with Crippen molar-refractivity contribution in [2.24, 2.45) is 0 Å². The molecule has 1 aliphatic rings. The molecule has 0 aromatic carbocycles. The van der Waals surface area contributed by atoms with Crippen LogP contribution >= 0.6 is 12.4 Å². The monoisotopic (exact) mass is 277 g/mol. The van der Waals surface area contributed by atoms with Crippen LogP contribution in [-0.4, -0.2) is 49.1 Å². The number of hydrogen-bond acceptors (Lipinski definition) is 3. The molecular formula is C13H28ClN3O. The molecule has 1 heterocycles. The fourth-order valence-corrected chi connectivity index (χ4v) is 2.23. The van der Waals surface area contributed by atoms with Crippen molar-refractivity contribution in [3.63, 3.8) is 0 Å². The summed E-state index contributed by atoms with van der Waals surface area (Å²) < 4.78 is 0. The first-order valence-corrected chi connectivity index (χ1v) is 6.80. The molecule has 0 aromatic rings. The summed E-state index contributed by atoms with van der Waals surface area (Å²) in [5, 5.41) is 6.36. The molecule has 108 valence electrons. The largest absolute Gasteiger partial charge is 0.352 e. The Kier molecular flexibility index (Phi) is 8.57. The number of likely N-dealkylation sites (tertiary alicyclic amines) is 1. The van der Waals surface area contributed by atoms with Gasteiger partial charge in [-0.05, 0) is 46.7 Å². The molecule has 5 heteroatoms. The zero-order valence-corrected chi connectivity index (χ0v) is 12.8. The Balaban J connectivity index is 0.00000289. The van der Waals surface area contributed by atoms with Crippen molar-refractivity contribution in [2.75, 3.05) is 20.1 Å². The fraction of sp³-hybridized carbons (Fsp3) is 0.923. The maximum absolute atomic E-state index is 12.0. The zero-order chi connectivity index (χ0) is 12.8. The average molecular weight is 278 g/mol. The number of carbonyl (C=O) groups is 1. The number of halogens is 1. The van der Waals surface area contributed by atoms with Gasteiger partial charge in [-0.25, -0.2) is 0 Å². The summed E-state index contributed by atoms with van der Waals surface area (Å²) in [5.74, 6) is 0.163. The molecular weight excluding hydrogens is 250 g/mol. The lowest BCUT2D eigenvalue weighted by molar-refractivity contribution is -0.127. The van der Waals surface area contributed by atoms with Crippen LogP contribution in [0.3, 0.4) is 0 Å². The van der Waals surface area contributed by atoms with Crippen LogP contribution in [0, 0.1) is 0 Å². The van der Waals surface area contributed by atoms with Crippen LogP contribution in [0.2, 0.25) is 0 Å². The molecule has 3 atom stereocenters. The Bertz CT molecular complexity index is 250. The van der Waals surface area contributed by atoms with E-state index in [-0.39, 0.29) is 30.4 Å². The minimum Gasteiger partial charge on any atom is -0.352 e. The first kappa shape index (κ1) is 17.7. The van der Waals surface area contributed by atoms with E-state index in [1.54, 1.807) is 0 Å². The third-order valence-corrected chi connectivity index (χ3v) is 3.79. The number of carbonyl (C=O) groups excluding carboxylic acids is 1. The van der Waals surface area contributed by atoms with Gasteiger partial charge in [0.2, 0.25) is 5.91 Å². The van der Waals surface area contributed by atoms with E-state index in [2.05, 4.69) is 29.4 Å². The standard InChI is InChI=1S/C13H27N3O.ClH/c1-5-10(2)15-13(17)11(3)16-8-6-7-12(9-16)14-4;/h10-12,14H,5-9H2,1-4H3,(H,15,17);1H. The Hall–Kier alpha value is -0.320. The molecule has 0 aromatic heterocycles. The van der Waals surface area contributed by atoms with E-state index in [4.69, 9.17) is 0 Å². The molecule has 1 aliphatic heterocycles. The minimum absolute atomic E-state index is 0. The van der Waals surface area contributed by atoms with E-state index in [1.165, 1.54) is 12.8 Å². The van der Waals surface area contributed by atoms with Crippen LogP contribution in [0.1, 0.15) is 40.0 Å². The average Bonchev–Trinajstić information content (AvgIpc) is 2.37. The van der Waals surface area contributed by atoms with Crippen LogP contribution in [-0.2, 0) is 4.79 Å². The first-order chi connectivity index (χ1) is 8.08. The number of nitrogens with one attached hydrogen (secondary N) is 2. The molecule has 0 bridgehead atoms. The molecule has 0 aliphatic carbocycles. The lowest BCUT2D eigenvalue weighted by atomic mass is 10.0. The summed E-state index contributed by atoms with van der Waals surface area (Å²) in [5.41, 5.74) is 0. The highest BCUT2D eigenvalue weighted by atomic mass is 35.5. The lowest BCUT2D eigenvalue weighted by Gasteiger charge is -2.36. The van der Waals surface area contributed by atoms with Gasteiger partial charge < -0.3 is 10.6 Å². The number of hydrogen-bond donors (Lipinski definition) is 2. The van der Waals surface area contributed by atoms with E-state index in [1.807, 2.05) is 14.0 Å². The molecule has 18 heavy (non-hydrogen) atoms. The van der Waals surface area contributed by atoms with Gasteiger partial charge >= 0.3 is 0 Å². The Morgan fingerprint density at radius 1 is 1.44 bits per heavy atom. The molecule has 1 amide bonds. The summed E-state index contributed by atoms with van der Waals surface area (Å²) in [6.45, 7) is 8.17. The minimum atomic E-state index is -0.0138. The highest BCUT2D eigenvalue weighted by Gasteiger charge is 2.26. The van der Waals surface area contributed by atoms with E-state index in [0.29, 0.717) is 6.04 Å². The highest BCUT2D eigenvalue weighted by molar-refractivity contribution is 5.85. The van der Waals surface area contributed by atoms with Gasteiger partial charge in [0.05, 0.1) is 6.04 Å². The number of nitrogens with zero attached hydrogens (tertiary/aromatic N) is 1. The SMILES string of the molecule is CCC(C)NC(=O)C(C)N1CCCC(NC)C1.Cl. The van der Waals surface area contributed by atoms with Crippen molar-refractivity contribution in [1.82, 2.24) is 15.5 Å². The predicted octanol–water partition coefficient (Wildman–Crippen LogP) is 1.40. The van der Waals surface area contributed by atoms with E-state index in [0.717, 1.165) is 19.5 Å². The first-order valence-electron chi connectivity index (χ1n) is 6.80. The van der Waals surface area contributed by atoms with Crippen molar-refractivity contribution in [3.05, 3.63) is 0 Å². The second kappa shape index (κ2) is 8.73. The third-order valence-electron chi connectivity index (χ3n) is 3.79. The molecule has 1 fully saturated rings. The van der Waals surface area contributed by atoms with E-state index < -0.39 is 0 Å². The molecule has 1 rings (SSSR count). The maximum Gasteiger partial charge on any atom is 0.237 e. The van der Waals surface area contributed by atoms with E-state index in [9.17, 15) is 4.79 Å². The van der Waals surface area contributed by atoms with Gasteiger partial charge in [0.25, 0.3) is 0 Å². The zero-order valence-electron chi connectivity index (χ0n) is 12.0. The Labute approximate surface area is 117 Å². The van der Waals surface area contributed by atoms with Gasteiger partial charge in [-0.2, -0.15) is 0 Å². The number of rotatable bonds is 5. The van der Waals surface area contributed by atoms with Crippen LogP contribution in [0.4, 0.5) is 0 Å². The van der Waals surface area contributed by atoms with Gasteiger partial charge in [-0.1, -0.05) is 6.92 Å². The molecule has 2 N–H and O–H groups in total. The third kappa shape index (κ3) is 5.12. The van der Waals surface area contributed by atoms with Gasteiger partial charge in [0.15, 0.2) is 0 Å². The smallest absolute Gasteiger partial charge is 0.237 e. The topological polar surface area (TPSA) is 44.4 Å². The highest BCUT2D eigenvalue weighted by Crippen LogP contribution is 2.13. The van der Waals surface area contributed by atoms with Gasteiger partial charge in [-0.3, -0.25) is 9.69 Å². The summed E-state index contributed by atoms with van der Waals surface area (Å²) >= 11 is 0. The van der Waals surface area contributed by atoms with Crippen LogP contribution in [0.15, 0.2) is 0 Å². The molecule has 0 radical (unpaired) electrons. The van der Waals surface area contributed by atoms with Crippen molar-refractivity contribution in [1.29, 1.82) is 0 Å². The molecule has 0 saturated carbocycles. The lowest BCUT2D eigenvalue weighted by Crippen LogP contribution is -2.53. The second-order valence-electron chi connectivity index (χ2n) is 5.12. The van der Waals surface area contributed by atoms with Crippen LogP contribution in [0.25, 0.3) is 0 Å². The molecule has 3 unspecified atom stereocenters. The van der Waals surface area contributed by atoms with Crippen molar-refractivity contribution in [2.45, 2.75) is 58.2 Å². The van der Waals surface area contributed by atoms with Crippen molar-refractivity contribution in [3.8, 4) is 0 Å². The van der Waals surface area contributed by atoms with Crippen molar-refractivity contribution < 1.29 is 4.79 Å². The Morgan fingerprint density at radius 3 is 2.67 bits per heavy atom. The van der Waals surface area contributed by atoms with E-state index >= 15 is 0 Å². The number of likely N-dealkylation sites (N-methyl/N-ethyl adjacent to an activating group) is 1. The Morgan fingerprint density at radius 2 is 2.11 bits per heavy atom. The van der Waals surface area contributed by atoms with Gasteiger partial charge in [0.1, 0.15) is 0 Å². The summed E-state index contributed by atoms with van der Waals surface area (Å²) in [6.07, 6.45) is 3.37. The summed E-state index contributed by atoms with van der Waals surface area (Å²) in [7, 11) is 2.00. The van der Waals surface area contributed by atoms with Gasteiger partial charge in [-0.15, -0.1) is 12.4 Å². The molecule has 4 nitrogen and oxygen atoms in total. The summed E-state index contributed by atoms with van der Waals surface area (Å²) in [4.78, 5) is 14.3. The van der Waals surface area contributed by atoms with Crippen LogP contribution < -0.4 is 10.6 Å². The number of amides is 1. The normalized spacial score (nSPS) is 23.9. The maximum atomic E-state index is 12.0. The quantitative estimate of drug-likeness (QED) is 0.798.